The van der Waals surface area contributed by atoms with Crippen LogP contribution in [0.4, 0.5) is 0 Å². The molecule has 0 unspecified atom stereocenters. The van der Waals surface area contributed by atoms with Crippen LogP contribution in [-0.4, -0.2) is 65.6 Å². The lowest BCUT2D eigenvalue weighted by Crippen LogP contribution is -2.42. The standard InChI is InChI=1S/C23H29N3OS/c27-23(26-12-13-28-16-26)22-14-19(15-24-22)25-10-8-18(9-11-25)21-7-3-5-17-4-1-2-6-20(17)21/h1-7,18-19,22,24H,8-16H2/t19-,22-/m0/s1. The minimum atomic E-state index is 0.0273. The Bertz CT molecular complexity index is 837. The second-order valence-electron chi connectivity index (χ2n) is 8.37. The van der Waals surface area contributed by atoms with E-state index in [0.717, 1.165) is 44.2 Å². The van der Waals surface area contributed by atoms with Gasteiger partial charge in [-0.25, -0.2) is 0 Å². The minimum absolute atomic E-state index is 0.0273. The first-order chi connectivity index (χ1) is 13.8. The molecule has 3 saturated heterocycles. The zero-order valence-electron chi connectivity index (χ0n) is 16.3. The summed E-state index contributed by atoms with van der Waals surface area (Å²) in [6.07, 6.45) is 3.40. The summed E-state index contributed by atoms with van der Waals surface area (Å²) >= 11 is 1.86. The second kappa shape index (κ2) is 8.05. The van der Waals surface area contributed by atoms with Crippen LogP contribution in [0.15, 0.2) is 42.5 Å². The summed E-state index contributed by atoms with van der Waals surface area (Å²) in [6.45, 7) is 4.15. The Morgan fingerprint density at radius 3 is 2.68 bits per heavy atom. The van der Waals surface area contributed by atoms with Crippen molar-refractivity contribution in [1.29, 1.82) is 0 Å². The van der Waals surface area contributed by atoms with Crippen LogP contribution in [0.5, 0.6) is 0 Å². The van der Waals surface area contributed by atoms with Gasteiger partial charge < -0.3 is 10.2 Å². The number of hydrogen-bond donors (Lipinski definition) is 1. The number of benzene rings is 2. The molecule has 0 aromatic heterocycles. The minimum Gasteiger partial charge on any atom is -0.331 e. The summed E-state index contributed by atoms with van der Waals surface area (Å²) in [4.78, 5) is 17.3. The van der Waals surface area contributed by atoms with Gasteiger partial charge in [0.15, 0.2) is 0 Å². The molecule has 1 N–H and O–H groups in total. The lowest BCUT2D eigenvalue weighted by molar-refractivity contribution is -0.131. The lowest BCUT2D eigenvalue weighted by Gasteiger charge is -2.36. The molecule has 4 nitrogen and oxygen atoms in total. The molecule has 3 aliphatic rings. The number of fused-ring (bicyclic) bond motifs is 1. The molecule has 28 heavy (non-hydrogen) atoms. The third kappa shape index (κ3) is 3.56. The molecule has 3 fully saturated rings. The molecule has 3 heterocycles. The topological polar surface area (TPSA) is 35.6 Å². The van der Waals surface area contributed by atoms with E-state index >= 15 is 0 Å². The molecule has 2 aromatic rings. The van der Waals surface area contributed by atoms with Crippen LogP contribution in [0, 0.1) is 0 Å². The van der Waals surface area contributed by atoms with Crippen LogP contribution in [0.25, 0.3) is 10.8 Å². The van der Waals surface area contributed by atoms with Crippen LogP contribution in [0.3, 0.4) is 0 Å². The van der Waals surface area contributed by atoms with Crippen molar-refractivity contribution in [2.75, 3.05) is 37.8 Å². The number of piperidine rings is 1. The highest BCUT2D eigenvalue weighted by molar-refractivity contribution is 7.99. The smallest absolute Gasteiger partial charge is 0.240 e. The summed E-state index contributed by atoms with van der Waals surface area (Å²) in [5.74, 6) is 2.93. The van der Waals surface area contributed by atoms with Crippen LogP contribution in [0.2, 0.25) is 0 Å². The monoisotopic (exact) mass is 395 g/mol. The summed E-state index contributed by atoms with van der Waals surface area (Å²) in [7, 11) is 0. The van der Waals surface area contributed by atoms with Crippen molar-refractivity contribution < 1.29 is 4.79 Å². The average molecular weight is 396 g/mol. The molecular weight excluding hydrogens is 366 g/mol. The maximum atomic E-state index is 12.7. The van der Waals surface area contributed by atoms with E-state index in [4.69, 9.17) is 0 Å². The van der Waals surface area contributed by atoms with Crippen LogP contribution < -0.4 is 5.32 Å². The van der Waals surface area contributed by atoms with E-state index in [1.165, 1.54) is 29.2 Å². The number of amides is 1. The zero-order valence-corrected chi connectivity index (χ0v) is 17.2. The summed E-state index contributed by atoms with van der Waals surface area (Å²) in [5, 5.41) is 6.27. The Kier molecular flexibility index (Phi) is 5.31. The van der Waals surface area contributed by atoms with Crippen molar-refractivity contribution >= 4 is 28.4 Å². The number of hydrogen-bond acceptors (Lipinski definition) is 4. The molecule has 2 aromatic carbocycles. The van der Waals surface area contributed by atoms with E-state index in [2.05, 4.69) is 52.7 Å². The van der Waals surface area contributed by atoms with Gasteiger partial charge in [-0.2, -0.15) is 0 Å². The van der Waals surface area contributed by atoms with Gasteiger partial charge in [0.25, 0.3) is 0 Å². The van der Waals surface area contributed by atoms with Gasteiger partial charge in [-0.15, -0.1) is 11.8 Å². The fourth-order valence-electron chi connectivity index (χ4n) is 5.17. The SMILES string of the molecule is O=C([C@@H]1C[C@H](N2CCC(c3cccc4ccccc34)CC2)CN1)N1CCSC1. The Morgan fingerprint density at radius 1 is 1.04 bits per heavy atom. The van der Waals surface area contributed by atoms with E-state index < -0.39 is 0 Å². The zero-order chi connectivity index (χ0) is 18.9. The van der Waals surface area contributed by atoms with Crippen molar-refractivity contribution in [3.05, 3.63) is 48.0 Å². The highest BCUT2D eigenvalue weighted by atomic mass is 32.2. The Hall–Kier alpha value is -1.56. The van der Waals surface area contributed by atoms with Gasteiger partial charge in [0.2, 0.25) is 5.91 Å². The van der Waals surface area contributed by atoms with Crippen LogP contribution >= 0.6 is 11.8 Å². The van der Waals surface area contributed by atoms with Gasteiger partial charge in [0.05, 0.1) is 11.9 Å². The predicted molar refractivity (Wildman–Crippen MR) is 117 cm³/mol. The van der Waals surface area contributed by atoms with Gasteiger partial charge in [-0.05, 0) is 54.6 Å². The molecule has 0 spiro atoms. The number of nitrogens with zero attached hydrogens (tertiary/aromatic N) is 2. The maximum absolute atomic E-state index is 12.7. The second-order valence-corrected chi connectivity index (χ2v) is 9.44. The Labute approximate surface area is 171 Å². The lowest BCUT2D eigenvalue weighted by atomic mass is 9.86. The molecule has 5 heteroatoms. The summed E-state index contributed by atoms with van der Waals surface area (Å²) < 4.78 is 0. The number of carbonyl (C=O) groups is 1. The Morgan fingerprint density at radius 2 is 1.86 bits per heavy atom. The third-order valence-corrected chi connectivity index (χ3v) is 7.74. The largest absolute Gasteiger partial charge is 0.331 e. The quantitative estimate of drug-likeness (QED) is 0.865. The maximum Gasteiger partial charge on any atom is 0.240 e. The molecular formula is C23H29N3OS. The van der Waals surface area contributed by atoms with Gasteiger partial charge in [-0.3, -0.25) is 9.69 Å². The summed E-state index contributed by atoms with van der Waals surface area (Å²) in [5.41, 5.74) is 1.52. The van der Waals surface area contributed by atoms with E-state index in [0.29, 0.717) is 17.9 Å². The molecule has 0 aliphatic carbocycles. The molecule has 1 amide bonds. The number of thioether (sulfide) groups is 1. The van der Waals surface area contributed by atoms with Gasteiger partial charge >= 0.3 is 0 Å². The van der Waals surface area contributed by atoms with Crippen molar-refractivity contribution in [1.82, 2.24) is 15.1 Å². The number of rotatable bonds is 3. The average Bonchev–Trinajstić information content (AvgIpc) is 3.45. The normalized spacial score (nSPS) is 26.9. The molecule has 0 radical (unpaired) electrons. The van der Waals surface area contributed by atoms with Gasteiger partial charge in [0, 0.05) is 24.9 Å². The van der Waals surface area contributed by atoms with E-state index in [1.54, 1.807) is 0 Å². The highest BCUT2D eigenvalue weighted by Gasteiger charge is 2.37. The first-order valence-corrected chi connectivity index (χ1v) is 11.8. The number of carbonyl (C=O) groups excluding carboxylic acids is 1. The molecule has 0 saturated carbocycles. The number of nitrogens with one attached hydrogen (secondary N) is 1. The molecule has 5 rings (SSSR count). The molecule has 2 atom stereocenters. The predicted octanol–water partition coefficient (Wildman–Crippen LogP) is 3.28. The molecule has 0 bridgehead atoms. The fraction of sp³-hybridized carbons (Fsp3) is 0.522. The van der Waals surface area contributed by atoms with Crippen LogP contribution in [0.1, 0.15) is 30.7 Å². The van der Waals surface area contributed by atoms with Crippen LogP contribution in [-0.2, 0) is 4.79 Å². The van der Waals surface area contributed by atoms with Crippen molar-refractivity contribution in [3.8, 4) is 0 Å². The van der Waals surface area contributed by atoms with E-state index in [1.807, 2.05) is 16.7 Å². The van der Waals surface area contributed by atoms with E-state index in [-0.39, 0.29) is 6.04 Å². The van der Waals surface area contributed by atoms with Crippen molar-refractivity contribution in [3.63, 3.8) is 0 Å². The molecule has 148 valence electrons. The molecule has 3 aliphatic heterocycles. The Balaban J connectivity index is 1.20. The summed E-state index contributed by atoms with van der Waals surface area (Å²) in [6, 6.07) is 16.0. The fourth-order valence-corrected chi connectivity index (χ4v) is 6.13. The number of likely N-dealkylation sites (tertiary alicyclic amines) is 1. The van der Waals surface area contributed by atoms with Gasteiger partial charge in [-0.1, -0.05) is 42.5 Å². The first kappa shape index (κ1) is 18.5. The van der Waals surface area contributed by atoms with Crippen molar-refractivity contribution in [2.45, 2.75) is 37.3 Å². The highest BCUT2D eigenvalue weighted by Crippen LogP contribution is 2.34. The van der Waals surface area contributed by atoms with Crippen molar-refractivity contribution in [2.24, 2.45) is 0 Å². The third-order valence-electron chi connectivity index (χ3n) is 6.78. The van der Waals surface area contributed by atoms with Gasteiger partial charge in [0.1, 0.15) is 0 Å². The van der Waals surface area contributed by atoms with E-state index in [9.17, 15) is 4.79 Å². The first-order valence-electron chi connectivity index (χ1n) is 10.6.